The van der Waals surface area contributed by atoms with Crippen molar-refractivity contribution in [2.24, 2.45) is 5.73 Å². The Morgan fingerprint density at radius 1 is 1.53 bits per heavy atom. The molecule has 0 radical (unpaired) electrons. The average molecular weight is 258 g/mol. The van der Waals surface area contributed by atoms with E-state index in [2.05, 4.69) is 23.6 Å². The van der Waals surface area contributed by atoms with Crippen molar-refractivity contribution in [3.63, 3.8) is 0 Å². The third kappa shape index (κ3) is 2.80. The van der Waals surface area contributed by atoms with E-state index in [4.69, 9.17) is 10.5 Å². The predicted octanol–water partition coefficient (Wildman–Crippen LogP) is 1.71. The summed E-state index contributed by atoms with van der Waals surface area (Å²) in [6, 6.07) is 0.660. The zero-order valence-electron chi connectivity index (χ0n) is 11.2. The molecule has 4 heteroatoms. The van der Waals surface area contributed by atoms with Gasteiger partial charge in [-0.1, -0.05) is 0 Å². The van der Waals surface area contributed by atoms with Gasteiger partial charge in [-0.15, -0.1) is 0 Å². The maximum atomic E-state index is 6.14. The van der Waals surface area contributed by atoms with Crippen molar-refractivity contribution < 1.29 is 4.74 Å². The molecule has 17 heavy (non-hydrogen) atoms. The van der Waals surface area contributed by atoms with E-state index < -0.39 is 0 Å². The van der Waals surface area contributed by atoms with Gasteiger partial charge in [0.1, 0.15) is 0 Å². The van der Waals surface area contributed by atoms with Crippen molar-refractivity contribution in [3.05, 3.63) is 0 Å². The summed E-state index contributed by atoms with van der Waals surface area (Å²) < 4.78 is 5.59. The van der Waals surface area contributed by atoms with E-state index in [-0.39, 0.29) is 5.54 Å². The van der Waals surface area contributed by atoms with E-state index in [1.165, 1.54) is 37.3 Å². The maximum absolute atomic E-state index is 6.14. The lowest BCUT2D eigenvalue weighted by Crippen LogP contribution is -2.62. The summed E-state index contributed by atoms with van der Waals surface area (Å²) in [6.07, 6.45) is 5.24. The van der Waals surface area contributed by atoms with Crippen LogP contribution < -0.4 is 5.73 Å². The van der Waals surface area contributed by atoms with Crippen molar-refractivity contribution >= 4 is 11.8 Å². The number of nitrogens with zero attached hydrogens (tertiary/aromatic N) is 1. The largest absolute Gasteiger partial charge is 0.381 e. The van der Waals surface area contributed by atoms with Crippen LogP contribution in [-0.4, -0.2) is 54.3 Å². The van der Waals surface area contributed by atoms with Gasteiger partial charge in [0.05, 0.1) is 6.10 Å². The molecular formula is C13H26N2OS. The van der Waals surface area contributed by atoms with E-state index in [1.54, 1.807) is 0 Å². The minimum absolute atomic E-state index is 0.208. The van der Waals surface area contributed by atoms with Gasteiger partial charge in [0, 0.05) is 43.3 Å². The van der Waals surface area contributed by atoms with Crippen molar-refractivity contribution in [1.29, 1.82) is 0 Å². The standard InChI is InChI=1S/C13H26N2OS/c1-11-9-17-7-6-15(11)13(10-14)5-3-4-12(8-13)16-2/h11-12H,3-10,14H2,1-2H3. The summed E-state index contributed by atoms with van der Waals surface area (Å²) in [5.41, 5.74) is 6.35. The van der Waals surface area contributed by atoms with E-state index in [0.29, 0.717) is 12.1 Å². The molecule has 0 amide bonds. The molecule has 3 nitrogen and oxygen atoms in total. The predicted molar refractivity (Wildman–Crippen MR) is 74.5 cm³/mol. The molecule has 0 aromatic heterocycles. The Balaban J connectivity index is 2.11. The fourth-order valence-corrected chi connectivity index (χ4v) is 4.50. The second kappa shape index (κ2) is 5.91. The van der Waals surface area contributed by atoms with Crippen LogP contribution in [-0.2, 0) is 4.74 Å². The van der Waals surface area contributed by atoms with Crippen LogP contribution in [0.15, 0.2) is 0 Å². The number of nitrogens with two attached hydrogens (primary N) is 1. The second-order valence-electron chi connectivity index (χ2n) is 5.50. The lowest BCUT2D eigenvalue weighted by molar-refractivity contribution is -0.0325. The maximum Gasteiger partial charge on any atom is 0.0589 e. The van der Waals surface area contributed by atoms with Gasteiger partial charge in [-0.3, -0.25) is 4.90 Å². The normalized spacial score (nSPS) is 40.4. The van der Waals surface area contributed by atoms with Crippen molar-refractivity contribution in [3.8, 4) is 0 Å². The molecular weight excluding hydrogens is 232 g/mol. The van der Waals surface area contributed by atoms with Gasteiger partial charge in [0.15, 0.2) is 0 Å². The van der Waals surface area contributed by atoms with Crippen molar-refractivity contribution in [2.45, 2.75) is 50.3 Å². The molecule has 2 fully saturated rings. The molecule has 1 saturated carbocycles. The molecule has 2 N–H and O–H groups in total. The first-order chi connectivity index (χ1) is 8.22. The Morgan fingerprint density at radius 3 is 3.00 bits per heavy atom. The third-order valence-corrected chi connectivity index (χ3v) is 5.66. The minimum atomic E-state index is 0.208. The molecule has 3 unspecified atom stereocenters. The van der Waals surface area contributed by atoms with Gasteiger partial charge >= 0.3 is 0 Å². The second-order valence-corrected chi connectivity index (χ2v) is 6.65. The number of hydrogen-bond donors (Lipinski definition) is 1. The lowest BCUT2D eigenvalue weighted by Gasteiger charge is -2.52. The monoisotopic (exact) mass is 258 g/mol. The summed E-state index contributed by atoms with van der Waals surface area (Å²) in [5.74, 6) is 2.50. The molecule has 1 heterocycles. The first-order valence-electron chi connectivity index (χ1n) is 6.79. The van der Waals surface area contributed by atoms with Crippen LogP contribution in [0, 0.1) is 0 Å². The molecule has 0 spiro atoms. The fourth-order valence-electron chi connectivity index (χ4n) is 3.48. The van der Waals surface area contributed by atoms with E-state index >= 15 is 0 Å². The highest BCUT2D eigenvalue weighted by molar-refractivity contribution is 7.99. The van der Waals surface area contributed by atoms with Gasteiger partial charge in [0.2, 0.25) is 0 Å². The van der Waals surface area contributed by atoms with Crippen LogP contribution in [0.5, 0.6) is 0 Å². The Hall–Kier alpha value is 0.230. The molecule has 3 atom stereocenters. The van der Waals surface area contributed by atoms with Crippen LogP contribution in [0.2, 0.25) is 0 Å². The van der Waals surface area contributed by atoms with Gasteiger partial charge in [-0.2, -0.15) is 11.8 Å². The molecule has 1 aliphatic heterocycles. The smallest absolute Gasteiger partial charge is 0.0589 e. The van der Waals surface area contributed by atoms with Crippen LogP contribution in [0.3, 0.4) is 0 Å². The van der Waals surface area contributed by atoms with Gasteiger partial charge < -0.3 is 10.5 Å². The van der Waals surface area contributed by atoms with Gasteiger partial charge in [-0.25, -0.2) is 0 Å². The molecule has 0 bridgehead atoms. The van der Waals surface area contributed by atoms with Crippen LogP contribution in [0.25, 0.3) is 0 Å². The van der Waals surface area contributed by atoms with E-state index in [0.717, 1.165) is 13.0 Å². The highest BCUT2D eigenvalue weighted by Gasteiger charge is 2.42. The molecule has 0 aromatic rings. The first kappa shape index (κ1) is 13.7. The Labute approximate surface area is 109 Å². The van der Waals surface area contributed by atoms with Crippen molar-refractivity contribution in [1.82, 2.24) is 4.90 Å². The molecule has 100 valence electrons. The summed E-state index contributed by atoms with van der Waals surface area (Å²) >= 11 is 2.07. The topological polar surface area (TPSA) is 38.5 Å². The highest BCUT2D eigenvalue weighted by Crippen LogP contribution is 2.37. The molecule has 1 aliphatic carbocycles. The number of thioether (sulfide) groups is 1. The molecule has 1 saturated heterocycles. The fraction of sp³-hybridized carbons (Fsp3) is 1.00. The summed E-state index contributed by atoms with van der Waals surface area (Å²) in [7, 11) is 1.84. The quantitative estimate of drug-likeness (QED) is 0.836. The summed E-state index contributed by atoms with van der Waals surface area (Å²) in [5, 5.41) is 0. The zero-order valence-corrected chi connectivity index (χ0v) is 12.0. The molecule has 0 aromatic carbocycles. The van der Waals surface area contributed by atoms with Crippen LogP contribution >= 0.6 is 11.8 Å². The summed E-state index contributed by atoms with van der Waals surface area (Å²) in [4.78, 5) is 2.68. The Bertz CT molecular complexity index is 252. The number of methoxy groups -OCH3 is 1. The number of hydrogen-bond acceptors (Lipinski definition) is 4. The molecule has 2 aliphatic rings. The Morgan fingerprint density at radius 2 is 2.35 bits per heavy atom. The number of ether oxygens (including phenoxy) is 1. The van der Waals surface area contributed by atoms with Gasteiger partial charge in [0.25, 0.3) is 0 Å². The van der Waals surface area contributed by atoms with Crippen LogP contribution in [0.4, 0.5) is 0 Å². The third-order valence-electron chi connectivity index (χ3n) is 4.47. The van der Waals surface area contributed by atoms with E-state index in [9.17, 15) is 0 Å². The number of rotatable bonds is 3. The minimum Gasteiger partial charge on any atom is -0.381 e. The zero-order chi connectivity index (χ0) is 12.3. The average Bonchev–Trinajstić information content (AvgIpc) is 2.39. The highest BCUT2D eigenvalue weighted by atomic mass is 32.2. The SMILES string of the molecule is COC1CCCC(CN)(N2CCSCC2C)C1. The van der Waals surface area contributed by atoms with Crippen molar-refractivity contribution in [2.75, 3.05) is 31.7 Å². The molecule has 2 rings (SSSR count). The first-order valence-corrected chi connectivity index (χ1v) is 7.95. The Kier molecular flexibility index (Phi) is 4.75. The van der Waals surface area contributed by atoms with Gasteiger partial charge in [-0.05, 0) is 32.6 Å². The van der Waals surface area contributed by atoms with E-state index in [1.807, 2.05) is 7.11 Å². The van der Waals surface area contributed by atoms with Crippen LogP contribution in [0.1, 0.15) is 32.6 Å². The lowest BCUT2D eigenvalue weighted by atomic mass is 9.78. The summed E-state index contributed by atoms with van der Waals surface area (Å²) in [6.45, 7) is 4.32.